The maximum absolute atomic E-state index is 12.7. The number of hydrogen-bond acceptors (Lipinski definition) is 4. The van der Waals surface area contributed by atoms with Crippen LogP contribution in [0.1, 0.15) is 37.8 Å². The van der Waals surface area contributed by atoms with E-state index in [0.717, 1.165) is 22.3 Å². The molecule has 0 aromatic heterocycles. The van der Waals surface area contributed by atoms with E-state index < -0.39 is 17.5 Å². The van der Waals surface area contributed by atoms with Gasteiger partial charge < -0.3 is 20.1 Å². The van der Waals surface area contributed by atoms with E-state index in [1.165, 1.54) is 4.90 Å². The van der Waals surface area contributed by atoms with Crippen molar-refractivity contribution in [2.24, 2.45) is 5.41 Å². The Morgan fingerprint density at radius 3 is 2.10 bits per heavy atom. The first-order valence-corrected chi connectivity index (χ1v) is 10.3. The summed E-state index contributed by atoms with van der Waals surface area (Å²) in [7, 11) is 0. The number of aliphatic carboxylic acids is 1. The van der Waals surface area contributed by atoms with Crippen molar-refractivity contribution >= 4 is 18.0 Å². The smallest absolute Gasteiger partial charge is 0.407 e. The zero-order valence-corrected chi connectivity index (χ0v) is 18.1. The maximum Gasteiger partial charge on any atom is 0.407 e. The second-order valence-electron chi connectivity index (χ2n) is 8.28. The zero-order chi connectivity index (χ0) is 22.6. The van der Waals surface area contributed by atoms with E-state index in [4.69, 9.17) is 9.84 Å². The molecule has 0 unspecified atom stereocenters. The van der Waals surface area contributed by atoms with Gasteiger partial charge in [-0.3, -0.25) is 9.59 Å². The summed E-state index contributed by atoms with van der Waals surface area (Å²) in [5.74, 6) is -1.45. The van der Waals surface area contributed by atoms with Gasteiger partial charge in [-0.05, 0) is 43.0 Å². The van der Waals surface area contributed by atoms with Crippen LogP contribution in [0.2, 0.25) is 0 Å². The number of carbonyl (C=O) groups excluding carboxylic acids is 2. The van der Waals surface area contributed by atoms with Crippen LogP contribution in [-0.2, 0) is 14.3 Å². The van der Waals surface area contributed by atoms with Crippen molar-refractivity contribution in [3.63, 3.8) is 0 Å². The number of hydrogen-bond donors (Lipinski definition) is 2. The molecular formula is C24H28N2O5. The molecule has 0 aliphatic heterocycles. The fraction of sp³-hybridized carbons (Fsp3) is 0.375. The third-order valence-electron chi connectivity index (χ3n) is 5.59. The van der Waals surface area contributed by atoms with E-state index in [1.807, 2.05) is 36.4 Å². The summed E-state index contributed by atoms with van der Waals surface area (Å²) in [5.41, 5.74) is 3.59. The second-order valence-corrected chi connectivity index (χ2v) is 8.28. The number of ether oxygens (including phenoxy) is 1. The van der Waals surface area contributed by atoms with Crippen LogP contribution in [0.15, 0.2) is 48.5 Å². The van der Waals surface area contributed by atoms with Gasteiger partial charge in [-0.2, -0.15) is 0 Å². The molecule has 0 heterocycles. The molecule has 0 saturated heterocycles. The first-order valence-electron chi connectivity index (χ1n) is 10.3. The van der Waals surface area contributed by atoms with Crippen molar-refractivity contribution in [2.45, 2.75) is 26.7 Å². The molecule has 2 amide bonds. The summed E-state index contributed by atoms with van der Waals surface area (Å²) < 4.78 is 5.50. The first kappa shape index (κ1) is 22.3. The molecule has 0 spiro atoms. The Hall–Kier alpha value is -3.35. The molecule has 164 valence electrons. The molecule has 0 bridgehead atoms. The van der Waals surface area contributed by atoms with E-state index >= 15 is 0 Å². The monoisotopic (exact) mass is 424 g/mol. The van der Waals surface area contributed by atoms with Gasteiger partial charge in [0, 0.05) is 19.0 Å². The number of fused-ring (bicyclic) bond motifs is 3. The number of carbonyl (C=O) groups is 3. The number of rotatable bonds is 8. The molecule has 1 aliphatic carbocycles. The van der Waals surface area contributed by atoms with Gasteiger partial charge in [-0.1, -0.05) is 48.5 Å². The number of amides is 2. The molecule has 0 fully saturated rings. The topological polar surface area (TPSA) is 95.9 Å². The van der Waals surface area contributed by atoms with Crippen LogP contribution >= 0.6 is 0 Å². The average Bonchev–Trinajstić information content (AvgIpc) is 3.08. The van der Waals surface area contributed by atoms with Crippen molar-refractivity contribution in [2.75, 3.05) is 26.2 Å². The first-order chi connectivity index (χ1) is 14.7. The third-order valence-corrected chi connectivity index (χ3v) is 5.59. The van der Waals surface area contributed by atoms with E-state index in [0.29, 0.717) is 0 Å². The summed E-state index contributed by atoms with van der Waals surface area (Å²) in [5, 5.41) is 11.6. The largest absolute Gasteiger partial charge is 0.480 e. The van der Waals surface area contributed by atoms with Crippen molar-refractivity contribution in [3.05, 3.63) is 59.7 Å². The van der Waals surface area contributed by atoms with E-state index in [9.17, 15) is 14.4 Å². The predicted octanol–water partition coefficient (Wildman–Crippen LogP) is 3.48. The fourth-order valence-electron chi connectivity index (χ4n) is 3.94. The van der Waals surface area contributed by atoms with Crippen molar-refractivity contribution in [3.8, 4) is 11.1 Å². The number of nitrogens with zero attached hydrogens (tertiary/aromatic N) is 1. The van der Waals surface area contributed by atoms with Gasteiger partial charge in [0.15, 0.2) is 0 Å². The molecular weight excluding hydrogens is 396 g/mol. The lowest BCUT2D eigenvalue weighted by Gasteiger charge is -2.30. The highest BCUT2D eigenvalue weighted by Crippen LogP contribution is 2.44. The second kappa shape index (κ2) is 9.20. The lowest BCUT2D eigenvalue weighted by atomic mass is 9.91. The molecule has 7 heteroatoms. The van der Waals surface area contributed by atoms with E-state index in [-0.39, 0.29) is 38.1 Å². The zero-order valence-electron chi connectivity index (χ0n) is 18.1. The Labute approximate surface area is 182 Å². The standard InChI is InChI=1S/C24H28N2O5/c1-4-26(13-21(27)28)22(29)24(2,3)15-25-23(30)31-14-20-18-11-7-5-9-16(18)17-10-6-8-12-19(17)20/h5-12,20H,4,13-15H2,1-3H3,(H,25,30)(H,27,28). The number of alkyl carbamates (subject to hydrolysis) is 1. The van der Waals surface area contributed by atoms with Crippen LogP contribution in [0.5, 0.6) is 0 Å². The van der Waals surface area contributed by atoms with Gasteiger partial charge in [0.2, 0.25) is 5.91 Å². The molecule has 0 radical (unpaired) electrons. The molecule has 2 N–H and O–H groups in total. The highest BCUT2D eigenvalue weighted by molar-refractivity contribution is 5.86. The lowest BCUT2D eigenvalue weighted by molar-refractivity contribution is -0.148. The third kappa shape index (κ3) is 4.87. The Balaban J connectivity index is 1.59. The lowest BCUT2D eigenvalue weighted by Crippen LogP contribution is -2.48. The number of nitrogens with one attached hydrogen (secondary N) is 1. The molecule has 3 rings (SSSR count). The van der Waals surface area contributed by atoms with Gasteiger partial charge in [-0.25, -0.2) is 4.79 Å². The van der Waals surface area contributed by atoms with Crippen LogP contribution in [0.3, 0.4) is 0 Å². The number of likely N-dealkylation sites (N-methyl/N-ethyl adjacent to an activating group) is 1. The molecule has 1 aliphatic rings. The van der Waals surface area contributed by atoms with E-state index in [2.05, 4.69) is 17.4 Å². The van der Waals surface area contributed by atoms with Crippen LogP contribution in [0.4, 0.5) is 4.79 Å². The van der Waals surface area contributed by atoms with Crippen LogP contribution in [-0.4, -0.2) is 54.2 Å². The maximum atomic E-state index is 12.7. The highest BCUT2D eigenvalue weighted by Gasteiger charge is 2.33. The molecule has 0 saturated carbocycles. The Kier molecular flexibility index (Phi) is 6.63. The van der Waals surface area contributed by atoms with Crippen molar-refractivity contribution in [1.82, 2.24) is 10.2 Å². The minimum atomic E-state index is -1.07. The summed E-state index contributed by atoms with van der Waals surface area (Å²) in [6.07, 6.45) is -0.607. The molecule has 7 nitrogen and oxygen atoms in total. The van der Waals surface area contributed by atoms with Gasteiger partial charge in [0.25, 0.3) is 0 Å². The summed E-state index contributed by atoms with van der Waals surface area (Å²) in [4.78, 5) is 37.2. The van der Waals surface area contributed by atoms with Crippen LogP contribution < -0.4 is 5.32 Å². The normalized spacial score (nSPS) is 12.6. The Morgan fingerprint density at radius 1 is 1.03 bits per heavy atom. The molecule has 2 aromatic rings. The van der Waals surface area contributed by atoms with Crippen molar-refractivity contribution < 1.29 is 24.2 Å². The van der Waals surface area contributed by atoms with Crippen molar-refractivity contribution in [1.29, 1.82) is 0 Å². The fourth-order valence-corrected chi connectivity index (χ4v) is 3.94. The predicted molar refractivity (Wildman–Crippen MR) is 117 cm³/mol. The van der Waals surface area contributed by atoms with Gasteiger partial charge in [0.1, 0.15) is 13.2 Å². The number of benzene rings is 2. The van der Waals surface area contributed by atoms with Gasteiger partial charge in [0.05, 0.1) is 5.41 Å². The minimum Gasteiger partial charge on any atom is -0.480 e. The van der Waals surface area contributed by atoms with E-state index in [1.54, 1.807) is 20.8 Å². The summed E-state index contributed by atoms with van der Waals surface area (Å²) in [6, 6.07) is 16.2. The quantitative estimate of drug-likeness (QED) is 0.676. The number of carboxylic acid groups (broad SMARTS) is 1. The number of carboxylic acids is 1. The van der Waals surface area contributed by atoms with Crippen LogP contribution in [0, 0.1) is 5.41 Å². The Morgan fingerprint density at radius 2 is 1.58 bits per heavy atom. The molecule has 0 atom stereocenters. The molecule has 2 aromatic carbocycles. The Bertz CT molecular complexity index is 940. The average molecular weight is 424 g/mol. The van der Waals surface area contributed by atoms with Gasteiger partial charge >= 0.3 is 12.1 Å². The van der Waals surface area contributed by atoms with Gasteiger partial charge in [-0.15, -0.1) is 0 Å². The summed E-state index contributed by atoms with van der Waals surface area (Å²) in [6.45, 7) is 5.19. The SMILES string of the molecule is CCN(CC(=O)O)C(=O)C(C)(C)CNC(=O)OCC1c2ccccc2-c2ccccc21. The summed E-state index contributed by atoms with van der Waals surface area (Å²) >= 11 is 0. The minimum absolute atomic E-state index is 0.0403. The molecule has 31 heavy (non-hydrogen) atoms. The van der Waals surface area contributed by atoms with Crippen LogP contribution in [0.25, 0.3) is 11.1 Å². The highest BCUT2D eigenvalue weighted by atomic mass is 16.5.